The van der Waals surface area contributed by atoms with Gasteiger partial charge in [-0.1, -0.05) is 32.0 Å². The summed E-state index contributed by atoms with van der Waals surface area (Å²) in [4.78, 5) is 5.77. The first-order valence-electron chi connectivity index (χ1n) is 8.84. The average molecular weight is 361 g/mol. The molecule has 1 aromatic heterocycles. The van der Waals surface area contributed by atoms with Gasteiger partial charge in [-0.2, -0.15) is 4.31 Å². The summed E-state index contributed by atoms with van der Waals surface area (Å²) in [7, 11) is -3.42. The molecule has 1 saturated heterocycles. The van der Waals surface area contributed by atoms with E-state index in [1.54, 1.807) is 16.4 Å². The summed E-state index contributed by atoms with van der Waals surface area (Å²) >= 11 is 0. The second kappa shape index (κ2) is 7.54. The van der Waals surface area contributed by atoms with Gasteiger partial charge in [0, 0.05) is 6.07 Å². The number of aromatic amines is 1. The third kappa shape index (κ3) is 3.85. The number of pyridine rings is 1. The Kier molecular flexibility index (Phi) is 5.39. The van der Waals surface area contributed by atoms with Crippen LogP contribution in [0.4, 0.5) is 5.82 Å². The Bertz CT molecular complexity index is 783. The first-order chi connectivity index (χ1) is 12.0. The number of H-pyrrole nitrogens is 1. The number of aromatic nitrogens is 1. The minimum atomic E-state index is -3.42. The second-order valence-corrected chi connectivity index (χ2v) is 8.46. The van der Waals surface area contributed by atoms with Crippen molar-refractivity contribution in [3.05, 3.63) is 54.2 Å². The number of hydrogen-bond donors (Lipinski definition) is 0. The lowest BCUT2D eigenvalue weighted by molar-refractivity contribution is -0.364. The van der Waals surface area contributed by atoms with Crippen molar-refractivity contribution in [3.63, 3.8) is 0 Å². The van der Waals surface area contributed by atoms with Gasteiger partial charge in [0.05, 0.1) is 37.3 Å². The molecule has 2 heterocycles. The van der Waals surface area contributed by atoms with Crippen molar-refractivity contribution in [2.45, 2.75) is 31.1 Å². The van der Waals surface area contributed by atoms with Crippen LogP contribution in [0.3, 0.4) is 0 Å². The van der Waals surface area contributed by atoms with E-state index in [-0.39, 0.29) is 0 Å². The number of hydrogen-bond acceptors (Lipinski definition) is 3. The van der Waals surface area contributed by atoms with Gasteiger partial charge in [-0.15, -0.1) is 0 Å². The standard InChI is InChI=1S/C19H25N3O2S/c1-3-16(2)17-7-9-18(10-8-17)25(23,24)22-14-12-21(13-15-22)19-6-4-5-11-20-19/h4-11,16H,3,12-15H2,1-2H3/p+1/t16-/m0/s1. The normalized spacial score (nSPS) is 17.4. The Hall–Kier alpha value is -1.92. The van der Waals surface area contributed by atoms with Crippen LogP contribution in [-0.4, -0.2) is 38.9 Å². The van der Waals surface area contributed by atoms with E-state index in [2.05, 4.69) is 23.7 Å². The van der Waals surface area contributed by atoms with Crippen LogP contribution in [0, 0.1) is 0 Å². The summed E-state index contributed by atoms with van der Waals surface area (Å²) in [5, 5.41) is 0. The molecule has 0 saturated carbocycles. The van der Waals surface area contributed by atoms with Crippen LogP contribution in [0.15, 0.2) is 53.6 Å². The van der Waals surface area contributed by atoms with Gasteiger partial charge >= 0.3 is 0 Å². The van der Waals surface area contributed by atoms with Crippen LogP contribution >= 0.6 is 0 Å². The van der Waals surface area contributed by atoms with E-state index in [1.165, 1.54) is 5.56 Å². The van der Waals surface area contributed by atoms with Crippen LogP contribution in [0.5, 0.6) is 0 Å². The van der Waals surface area contributed by atoms with E-state index < -0.39 is 10.0 Å². The van der Waals surface area contributed by atoms with E-state index >= 15 is 0 Å². The predicted molar refractivity (Wildman–Crippen MR) is 99.1 cm³/mol. The minimum absolute atomic E-state index is 0.388. The van der Waals surface area contributed by atoms with Crippen molar-refractivity contribution < 1.29 is 13.4 Å². The molecule has 0 spiro atoms. The largest absolute Gasteiger partial charge is 0.274 e. The Balaban J connectivity index is 1.69. The van der Waals surface area contributed by atoms with E-state index in [0.29, 0.717) is 37.0 Å². The first-order valence-corrected chi connectivity index (χ1v) is 10.3. The molecule has 0 bridgehead atoms. The maximum Gasteiger partial charge on any atom is 0.274 e. The summed E-state index contributed by atoms with van der Waals surface area (Å²) < 4.78 is 27.3. The number of benzene rings is 1. The SMILES string of the molecule is CC[C@H](C)c1ccc(S(=O)(=O)N2CCN(c3cccc[nH+]3)CC2)cc1. The molecule has 25 heavy (non-hydrogen) atoms. The third-order valence-electron chi connectivity index (χ3n) is 4.97. The van der Waals surface area contributed by atoms with Crippen molar-refractivity contribution in [3.8, 4) is 0 Å². The zero-order valence-corrected chi connectivity index (χ0v) is 15.7. The lowest BCUT2D eigenvalue weighted by Gasteiger charge is -2.30. The fourth-order valence-corrected chi connectivity index (χ4v) is 4.53. The van der Waals surface area contributed by atoms with Gasteiger partial charge in [-0.3, -0.25) is 4.90 Å². The minimum Gasteiger partial charge on any atom is -0.259 e. The van der Waals surface area contributed by atoms with Crippen LogP contribution in [-0.2, 0) is 10.0 Å². The molecule has 6 heteroatoms. The molecule has 0 amide bonds. The highest BCUT2D eigenvalue weighted by Crippen LogP contribution is 2.23. The van der Waals surface area contributed by atoms with Crippen molar-refractivity contribution >= 4 is 15.8 Å². The lowest BCUT2D eigenvalue weighted by Crippen LogP contribution is -2.49. The molecule has 0 unspecified atom stereocenters. The first kappa shape index (κ1) is 17.9. The van der Waals surface area contributed by atoms with Gasteiger partial charge in [-0.25, -0.2) is 13.4 Å². The topological polar surface area (TPSA) is 54.8 Å². The van der Waals surface area contributed by atoms with E-state index in [1.807, 2.05) is 36.5 Å². The Morgan fingerprint density at radius 1 is 1.04 bits per heavy atom. The molecule has 1 N–H and O–H groups in total. The van der Waals surface area contributed by atoms with Gasteiger partial charge in [0.25, 0.3) is 5.82 Å². The van der Waals surface area contributed by atoms with Crippen LogP contribution < -0.4 is 9.88 Å². The smallest absolute Gasteiger partial charge is 0.259 e. The van der Waals surface area contributed by atoms with Gasteiger partial charge in [0.1, 0.15) is 0 Å². The number of sulfonamides is 1. The third-order valence-corrected chi connectivity index (χ3v) is 6.88. The molecule has 1 atom stereocenters. The average Bonchev–Trinajstić information content (AvgIpc) is 2.68. The predicted octanol–water partition coefficient (Wildman–Crippen LogP) is 2.53. The van der Waals surface area contributed by atoms with E-state index in [4.69, 9.17) is 0 Å². The highest BCUT2D eigenvalue weighted by Gasteiger charge is 2.31. The molecular formula is C19H26N3O2S+. The lowest BCUT2D eigenvalue weighted by atomic mass is 9.99. The number of piperazine rings is 1. The number of nitrogens with zero attached hydrogens (tertiary/aromatic N) is 2. The Morgan fingerprint density at radius 2 is 1.72 bits per heavy atom. The van der Waals surface area contributed by atoms with Gasteiger partial charge in [0.15, 0.2) is 0 Å². The van der Waals surface area contributed by atoms with Gasteiger partial charge in [-0.05, 0) is 36.1 Å². The van der Waals surface area contributed by atoms with Crippen LogP contribution in [0.1, 0.15) is 31.7 Å². The molecule has 0 aliphatic carbocycles. The van der Waals surface area contributed by atoms with Crippen molar-refractivity contribution in [1.82, 2.24) is 4.31 Å². The van der Waals surface area contributed by atoms with Crippen molar-refractivity contribution in [1.29, 1.82) is 0 Å². The quantitative estimate of drug-likeness (QED) is 0.823. The molecule has 0 radical (unpaired) electrons. The fourth-order valence-electron chi connectivity index (χ4n) is 3.10. The fraction of sp³-hybridized carbons (Fsp3) is 0.421. The molecule has 1 aliphatic rings. The molecule has 1 fully saturated rings. The van der Waals surface area contributed by atoms with E-state index in [0.717, 1.165) is 12.2 Å². The summed E-state index contributed by atoms with van der Waals surface area (Å²) in [6, 6.07) is 13.3. The maximum atomic E-state index is 12.9. The summed E-state index contributed by atoms with van der Waals surface area (Å²) in [5.74, 6) is 1.47. The summed E-state index contributed by atoms with van der Waals surface area (Å²) in [5.41, 5.74) is 1.19. The number of rotatable bonds is 5. The Morgan fingerprint density at radius 3 is 2.28 bits per heavy atom. The monoisotopic (exact) mass is 360 g/mol. The zero-order chi connectivity index (χ0) is 17.9. The number of anilines is 1. The molecule has 5 nitrogen and oxygen atoms in total. The molecule has 134 valence electrons. The Labute approximate surface area is 150 Å². The van der Waals surface area contributed by atoms with Crippen molar-refractivity contribution in [2.24, 2.45) is 0 Å². The highest BCUT2D eigenvalue weighted by molar-refractivity contribution is 7.89. The summed E-state index contributed by atoms with van der Waals surface area (Å²) in [6.45, 7) is 6.66. The molecule has 1 aliphatic heterocycles. The second-order valence-electron chi connectivity index (χ2n) is 6.52. The molecular weight excluding hydrogens is 334 g/mol. The maximum absolute atomic E-state index is 12.9. The number of nitrogens with one attached hydrogen (secondary N) is 1. The summed E-state index contributed by atoms with van der Waals surface area (Å²) in [6.07, 6.45) is 2.93. The molecule has 2 aromatic rings. The highest BCUT2D eigenvalue weighted by atomic mass is 32.2. The van der Waals surface area contributed by atoms with Crippen molar-refractivity contribution in [2.75, 3.05) is 31.1 Å². The van der Waals surface area contributed by atoms with Gasteiger partial charge in [0.2, 0.25) is 10.0 Å². The molecule has 3 rings (SSSR count). The van der Waals surface area contributed by atoms with Crippen LogP contribution in [0.2, 0.25) is 0 Å². The van der Waals surface area contributed by atoms with Gasteiger partial charge < -0.3 is 0 Å². The zero-order valence-electron chi connectivity index (χ0n) is 14.9. The van der Waals surface area contributed by atoms with Crippen LogP contribution in [0.25, 0.3) is 0 Å². The molecule has 1 aromatic carbocycles. The van der Waals surface area contributed by atoms with E-state index in [9.17, 15) is 8.42 Å².